The molecule has 1 aliphatic rings. The number of thiazole rings is 1. The van der Waals surface area contributed by atoms with Crippen LogP contribution in [0.15, 0.2) is 58.0 Å². The Labute approximate surface area is 268 Å². The van der Waals surface area contributed by atoms with Crippen LogP contribution in [0.5, 0.6) is 0 Å². The summed E-state index contributed by atoms with van der Waals surface area (Å²) >= 11 is 15.5. The Hall–Kier alpha value is -0.640. The van der Waals surface area contributed by atoms with Crippen LogP contribution in [0.1, 0.15) is 24.8 Å². The van der Waals surface area contributed by atoms with Crippen LogP contribution < -0.4 is 39.0 Å². The van der Waals surface area contributed by atoms with Gasteiger partial charge in [-0.25, -0.2) is 16.8 Å². The second kappa shape index (κ2) is 13.6. The third-order valence-corrected chi connectivity index (χ3v) is 9.91. The summed E-state index contributed by atoms with van der Waals surface area (Å²) in [6, 6.07) is 11.0. The van der Waals surface area contributed by atoms with Crippen molar-refractivity contribution in [2.45, 2.75) is 31.2 Å². The van der Waals surface area contributed by atoms with E-state index in [1.54, 1.807) is 12.1 Å². The topological polar surface area (TPSA) is 122 Å². The van der Waals surface area contributed by atoms with E-state index in [9.17, 15) is 25.9 Å². The summed E-state index contributed by atoms with van der Waals surface area (Å²) in [5.41, 5.74) is 2.57. The van der Waals surface area contributed by atoms with E-state index >= 15 is 0 Å². The molecule has 4 rings (SSSR count). The second-order valence-corrected chi connectivity index (χ2v) is 14.7. The molecule has 0 saturated carbocycles. The molecule has 0 spiro atoms. The summed E-state index contributed by atoms with van der Waals surface area (Å²) in [6.07, 6.45) is 4.26. The van der Waals surface area contributed by atoms with Crippen LogP contribution in [-0.4, -0.2) is 44.0 Å². The Morgan fingerprint density at radius 2 is 1.64 bits per heavy atom. The molecule has 0 fully saturated rings. The normalized spacial score (nSPS) is 15.2. The minimum Gasteiger partial charge on any atom is -0.748 e. The van der Waals surface area contributed by atoms with Crippen LogP contribution >= 0.6 is 46.3 Å². The van der Waals surface area contributed by atoms with Gasteiger partial charge < -0.3 is 14.0 Å². The molecular formula is C24H23Cl2N2NaO6S4. The van der Waals surface area contributed by atoms with Gasteiger partial charge in [0.25, 0.3) is 5.01 Å². The molecule has 2 heterocycles. The molecule has 0 N–H and O–H groups in total. The van der Waals surface area contributed by atoms with Gasteiger partial charge in [0.2, 0.25) is 5.52 Å². The number of aromatic nitrogens is 1. The number of aryl methyl sites for hydroxylation is 1. The number of hydrogen-bond donors (Lipinski definition) is 0. The van der Waals surface area contributed by atoms with Crippen molar-refractivity contribution in [2.75, 3.05) is 23.0 Å². The number of anilines is 1. The summed E-state index contributed by atoms with van der Waals surface area (Å²) in [6.45, 7) is 2.57. The summed E-state index contributed by atoms with van der Waals surface area (Å²) < 4.78 is 69.8. The fourth-order valence-corrected chi connectivity index (χ4v) is 7.71. The Morgan fingerprint density at radius 3 is 2.33 bits per heavy atom. The molecule has 0 bridgehead atoms. The number of thioether (sulfide) groups is 1. The third-order valence-electron chi connectivity index (χ3n) is 5.64. The number of allylic oxidation sites excluding steroid dienone is 2. The first-order valence-electron chi connectivity index (χ1n) is 11.4. The maximum atomic E-state index is 11.1. The van der Waals surface area contributed by atoms with Gasteiger partial charge in [-0.05, 0) is 55.3 Å². The van der Waals surface area contributed by atoms with Gasteiger partial charge >= 0.3 is 29.6 Å². The number of halogens is 2. The van der Waals surface area contributed by atoms with Gasteiger partial charge in [-0.3, -0.25) is 0 Å². The molecule has 0 saturated heterocycles. The van der Waals surface area contributed by atoms with E-state index in [0.29, 0.717) is 23.1 Å². The molecule has 1 aliphatic heterocycles. The molecule has 1 aromatic heterocycles. The number of fused-ring (bicyclic) bond motifs is 2. The average molecular weight is 658 g/mol. The van der Waals surface area contributed by atoms with Crippen LogP contribution in [0.25, 0.3) is 16.3 Å². The molecule has 0 radical (unpaired) electrons. The molecular weight excluding hydrogens is 634 g/mol. The molecule has 8 nitrogen and oxygen atoms in total. The summed E-state index contributed by atoms with van der Waals surface area (Å²) in [4.78, 5) is 2.91. The maximum absolute atomic E-state index is 11.1. The Morgan fingerprint density at radius 1 is 1.00 bits per heavy atom. The number of rotatable bonds is 10. The van der Waals surface area contributed by atoms with Crippen molar-refractivity contribution >= 4 is 88.5 Å². The van der Waals surface area contributed by atoms with Crippen LogP contribution in [0.3, 0.4) is 0 Å². The third kappa shape index (κ3) is 9.17. The van der Waals surface area contributed by atoms with Crippen molar-refractivity contribution in [3.05, 3.63) is 68.1 Å². The predicted octanol–water partition coefficient (Wildman–Crippen LogP) is 2.23. The van der Waals surface area contributed by atoms with Crippen molar-refractivity contribution in [3.8, 4) is 0 Å². The molecule has 3 aromatic rings. The van der Waals surface area contributed by atoms with Gasteiger partial charge in [-0.2, -0.15) is 4.57 Å². The van der Waals surface area contributed by atoms with Crippen LogP contribution in [0, 0.1) is 0 Å². The fraction of sp³-hybridized carbons (Fsp3) is 0.292. The SMILES string of the molecule is CC(=Cc1sc2ccc(Cl)cc2[n+]1CCCS(=O)(=O)[O-])C=C1Sc2ccc(Cl)cc2N1CCCS(=O)(=O)[O-].[Na+]. The van der Waals surface area contributed by atoms with E-state index in [0.717, 1.165) is 36.4 Å². The summed E-state index contributed by atoms with van der Waals surface area (Å²) in [5.74, 6) is -0.925. The molecule has 204 valence electrons. The van der Waals surface area contributed by atoms with Crippen LogP contribution in [0.4, 0.5) is 5.69 Å². The predicted molar refractivity (Wildman–Crippen MR) is 152 cm³/mol. The molecule has 39 heavy (non-hydrogen) atoms. The van der Waals surface area contributed by atoms with E-state index in [1.807, 2.05) is 52.8 Å². The monoisotopic (exact) mass is 656 g/mol. The second-order valence-electron chi connectivity index (χ2n) is 8.67. The zero-order valence-corrected chi connectivity index (χ0v) is 27.9. The van der Waals surface area contributed by atoms with E-state index in [-0.39, 0.29) is 42.4 Å². The Bertz CT molecular complexity index is 1660. The first-order valence-corrected chi connectivity index (χ1v) is 17.0. The molecule has 0 aliphatic carbocycles. The minimum absolute atomic E-state index is 0. The average Bonchev–Trinajstić information content (AvgIpc) is 3.29. The number of hydrogen-bond acceptors (Lipinski definition) is 9. The largest absolute Gasteiger partial charge is 1.00 e. The zero-order valence-electron chi connectivity index (χ0n) is 21.1. The summed E-state index contributed by atoms with van der Waals surface area (Å²) in [5, 5.41) is 2.80. The fourth-order valence-electron chi connectivity index (χ4n) is 4.05. The first kappa shape index (κ1) is 32.9. The Balaban J connectivity index is 0.00000420. The van der Waals surface area contributed by atoms with Crippen LogP contribution in [-0.2, 0) is 26.8 Å². The maximum Gasteiger partial charge on any atom is 1.00 e. The van der Waals surface area contributed by atoms with E-state index < -0.39 is 31.7 Å². The van der Waals surface area contributed by atoms with Crippen molar-refractivity contribution in [1.82, 2.24) is 0 Å². The van der Waals surface area contributed by atoms with Gasteiger partial charge in [-0.15, -0.1) is 0 Å². The summed E-state index contributed by atoms with van der Waals surface area (Å²) in [7, 11) is -8.66. The van der Waals surface area contributed by atoms with Gasteiger partial charge in [-0.1, -0.05) is 46.3 Å². The molecule has 0 amide bonds. The smallest absolute Gasteiger partial charge is 0.748 e. The quantitative estimate of drug-likeness (QED) is 0.185. The van der Waals surface area contributed by atoms with Crippen molar-refractivity contribution < 1.29 is 60.1 Å². The van der Waals surface area contributed by atoms with E-state index in [1.165, 1.54) is 23.1 Å². The van der Waals surface area contributed by atoms with Gasteiger partial charge in [0, 0.05) is 51.6 Å². The standard InChI is InChI=1S/C24H24Cl2N2O6S4.Na/c1-16(12-23-27(8-2-10-37(29,30)31)19-14-17(25)4-6-21(19)35-23)13-24-28(9-3-11-38(32,33)34)20-15-18(26)5-7-22(20)36-24;/h4-7,12-15H,2-3,8-11H2,1H3,(H-,29,30,31,32,33,34);/q;+1/p-1. The number of nitrogens with zero attached hydrogens (tertiary/aromatic N) is 2. The molecule has 15 heteroatoms. The van der Waals surface area contributed by atoms with Crippen molar-refractivity contribution in [1.29, 1.82) is 0 Å². The van der Waals surface area contributed by atoms with Crippen molar-refractivity contribution in [3.63, 3.8) is 0 Å². The van der Waals surface area contributed by atoms with E-state index in [2.05, 4.69) is 0 Å². The van der Waals surface area contributed by atoms with Gasteiger partial charge in [0.1, 0.15) is 4.70 Å². The number of benzene rings is 2. The molecule has 2 aromatic carbocycles. The van der Waals surface area contributed by atoms with Crippen LogP contribution in [0.2, 0.25) is 10.0 Å². The first-order chi connectivity index (χ1) is 17.8. The molecule has 0 unspecified atom stereocenters. The van der Waals surface area contributed by atoms with Crippen molar-refractivity contribution in [2.24, 2.45) is 0 Å². The van der Waals surface area contributed by atoms with E-state index in [4.69, 9.17) is 23.2 Å². The Kier molecular flexibility index (Phi) is 11.4. The van der Waals surface area contributed by atoms with Gasteiger partial charge in [0.15, 0.2) is 6.54 Å². The minimum atomic E-state index is -4.33. The zero-order chi connectivity index (χ0) is 27.7. The van der Waals surface area contributed by atoms with Gasteiger partial charge in [0.05, 0.1) is 31.0 Å². The molecule has 0 atom stereocenters.